The molecule has 0 aromatic rings. The second-order valence-corrected chi connectivity index (χ2v) is 6.93. The number of carbonyl (C=O) groups excluding carboxylic acids is 1. The van der Waals surface area contributed by atoms with Crippen molar-refractivity contribution >= 4 is 5.91 Å². The van der Waals surface area contributed by atoms with Crippen molar-refractivity contribution in [3.05, 3.63) is 0 Å². The van der Waals surface area contributed by atoms with Gasteiger partial charge in [0.05, 0.1) is 11.7 Å². The summed E-state index contributed by atoms with van der Waals surface area (Å²) in [6.45, 7) is 13.0. The highest BCUT2D eigenvalue weighted by Gasteiger charge is 2.48. The first-order valence-electron chi connectivity index (χ1n) is 8.47. The fourth-order valence-electron chi connectivity index (χ4n) is 3.09. The molecular weight excluding hydrogens is 248 g/mol. The third-order valence-electron chi connectivity index (χ3n) is 4.76. The second-order valence-electron chi connectivity index (χ2n) is 6.93. The molecule has 3 unspecified atom stereocenters. The van der Waals surface area contributed by atoms with Gasteiger partial charge in [0.1, 0.15) is 0 Å². The minimum atomic E-state index is -0.368. The van der Waals surface area contributed by atoms with Gasteiger partial charge < -0.3 is 4.90 Å². The molecule has 1 N–H and O–H groups in total. The first kappa shape index (κ1) is 17.5. The zero-order valence-electron chi connectivity index (χ0n) is 14.3. The number of nitrogens with one attached hydrogen (secondary N) is 1. The van der Waals surface area contributed by atoms with E-state index < -0.39 is 0 Å². The molecule has 0 radical (unpaired) electrons. The van der Waals surface area contributed by atoms with Crippen LogP contribution < -0.4 is 5.32 Å². The fourth-order valence-corrected chi connectivity index (χ4v) is 3.09. The summed E-state index contributed by atoms with van der Waals surface area (Å²) in [6, 6.07) is 0.340. The maximum absolute atomic E-state index is 12.8. The Hall–Kier alpha value is -0.570. The molecule has 1 rings (SSSR count). The standard InChI is InChI=1S/C17H34N2O/c1-7-9-10-11-12-14(5)19-15(13(3)4)18-17(6,8-2)16(19)20/h13-15,18H,7-12H2,1-6H3. The lowest BCUT2D eigenvalue weighted by atomic mass is 9.98. The van der Waals surface area contributed by atoms with Crippen molar-refractivity contribution in [2.24, 2.45) is 5.92 Å². The Labute approximate surface area is 125 Å². The van der Waals surface area contributed by atoms with E-state index in [2.05, 4.69) is 51.8 Å². The van der Waals surface area contributed by atoms with Gasteiger partial charge in [-0.15, -0.1) is 0 Å². The molecule has 0 aliphatic carbocycles. The van der Waals surface area contributed by atoms with Crippen molar-refractivity contribution < 1.29 is 4.79 Å². The van der Waals surface area contributed by atoms with Gasteiger partial charge in [0.2, 0.25) is 5.91 Å². The van der Waals surface area contributed by atoms with Gasteiger partial charge in [-0.05, 0) is 32.6 Å². The van der Waals surface area contributed by atoms with E-state index in [9.17, 15) is 4.79 Å². The molecule has 3 heteroatoms. The summed E-state index contributed by atoms with van der Waals surface area (Å²) in [7, 11) is 0. The van der Waals surface area contributed by atoms with Crippen LogP contribution in [-0.2, 0) is 4.79 Å². The summed E-state index contributed by atoms with van der Waals surface area (Å²) in [4.78, 5) is 14.9. The molecule has 20 heavy (non-hydrogen) atoms. The van der Waals surface area contributed by atoms with Crippen LogP contribution in [0.3, 0.4) is 0 Å². The average molecular weight is 282 g/mol. The van der Waals surface area contributed by atoms with E-state index in [0.717, 1.165) is 12.8 Å². The number of carbonyl (C=O) groups is 1. The first-order valence-corrected chi connectivity index (χ1v) is 8.47. The van der Waals surface area contributed by atoms with E-state index in [-0.39, 0.29) is 11.7 Å². The maximum Gasteiger partial charge on any atom is 0.244 e. The molecular formula is C17H34N2O. The van der Waals surface area contributed by atoms with Gasteiger partial charge in [0, 0.05) is 6.04 Å². The van der Waals surface area contributed by atoms with Crippen LogP contribution in [0.2, 0.25) is 0 Å². The highest BCUT2D eigenvalue weighted by Crippen LogP contribution is 2.30. The Morgan fingerprint density at radius 2 is 1.85 bits per heavy atom. The first-order chi connectivity index (χ1) is 9.37. The number of rotatable bonds is 8. The normalized spacial score (nSPS) is 28.4. The van der Waals surface area contributed by atoms with Gasteiger partial charge in [0.15, 0.2) is 0 Å². The molecule has 118 valence electrons. The fraction of sp³-hybridized carbons (Fsp3) is 0.941. The van der Waals surface area contributed by atoms with Crippen LogP contribution in [0.4, 0.5) is 0 Å². The molecule has 0 bridgehead atoms. The molecule has 1 saturated heterocycles. The van der Waals surface area contributed by atoms with Crippen LogP contribution in [0.1, 0.15) is 80.1 Å². The van der Waals surface area contributed by atoms with Crippen molar-refractivity contribution in [2.45, 2.75) is 97.8 Å². The van der Waals surface area contributed by atoms with Crippen molar-refractivity contribution in [2.75, 3.05) is 0 Å². The SMILES string of the molecule is CCCCCCC(C)N1C(=O)C(C)(CC)NC1C(C)C. The van der Waals surface area contributed by atoms with Gasteiger partial charge in [0.25, 0.3) is 0 Å². The van der Waals surface area contributed by atoms with Crippen molar-refractivity contribution in [1.29, 1.82) is 0 Å². The quantitative estimate of drug-likeness (QED) is 0.684. The van der Waals surface area contributed by atoms with Crippen LogP contribution in [0.15, 0.2) is 0 Å². The van der Waals surface area contributed by atoms with Crippen LogP contribution >= 0.6 is 0 Å². The predicted molar refractivity (Wildman–Crippen MR) is 85.5 cm³/mol. The summed E-state index contributed by atoms with van der Waals surface area (Å²) in [5.74, 6) is 0.743. The van der Waals surface area contributed by atoms with Crippen molar-refractivity contribution in [3.8, 4) is 0 Å². The van der Waals surface area contributed by atoms with E-state index in [1.165, 1.54) is 25.7 Å². The van der Waals surface area contributed by atoms with Gasteiger partial charge in [-0.3, -0.25) is 10.1 Å². The number of hydrogen-bond acceptors (Lipinski definition) is 2. The Bertz CT molecular complexity index is 316. The Morgan fingerprint density at radius 3 is 2.35 bits per heavy atom. The topological polar surface area (TPSA) is 32.3 Å². The molecule has 1 amide bonds. The monoisotopic (exact) mass is 282 g/mol. The molecule has 3 nitrogen and oxygen atoms in total. The molecule has 1 heterocycles. The number of unbranched alkanes of at least 4 members (excludes halogenated alkanes) is 3. The van der Waals surface area contributed by atoms with Crippen LogP contribution in [-0.4, -0.2) is 28.6 Å². The minimum absolute atomic E-state index is 0.189. The summed E-state index contributed by atoms with van der Waals surface area (Å²) in [5, 5.41) is 3.58. The molecule has 1 aliphatic heterocycles. The molecule has 1 fully saturated rings. The van der Waals surface area contributed by atoms with Crippen molar-refractivity contribution in [3.63, 3.8) is 0 Å². The van der Waals surface area contributed by atoms with E-state index in [1.807, 2.05) is 0 Å². The Balaban J connectivity index is 2.70. The van der Waals surface area contributed by atoms with Crippen LogP contribution in [0, 0.1) is 5.92 Å². The predicted octanol–water partition coefficient (Wildman–Crippen LogP) is 3.93. The van der Waals surface area contributed by atoms with E-state index in [0.29, 0.717) is 17.9 Å². The summed E-state index contributed by atoms with van der Waals surface area (Å²) in [5.41, 5.74) is -0.368. The zero-order valence-corrected chi connectivity index (χ0v) is 14.3. The van der Waals surface area contributed by atoms with Gasteiger partial charge >= 0.3 is 0 Å². The van der Waals surface area contributed by atoms with Gasteiger partial charge in [-0.25, -0.2) is 0 Å². The molecule has 3 atom stereocenters. The van der Waals surface area contributed by atoms with E-state index in [1.54, 1.807) is 0 Å². The highest BCUT2D eigenvalue weighted by molar-refractivity contribution is 5.88. The second kappa shape index (κ2) is 7.44. The molecule has 0 spiro atoms. The number of hydrogen-bond donors (Lipinski definition) is 1. The Morgan fingerprint density at radius 1 is 1.20 bits per heavy atom. The van der Waals surface area contributed by atoms with Crippen molar-refractivity contribution in [1.82, 2.24) is 10.2 Å². The summed E-state index contributed by atoms with van der Waals surface area (Å²) < 4.78 is 0. The molecule has 0 aromatic heterocycles. The number of amides is 1. The van der Waals surface area contributed by atoms with E-state index >= 15 is 0 Å². The van der Waals surface area contributed by atoms with Crippen LogP contribution in [0.5, 0.6) is 0 Å². The lowest BCUT2D eigenvalue weighted by Gasteiger charge is -2.32. The molecule has 0 aromatic carbocycles. The highest BCUT2D eigenvalue weighted by atomic mass is 16.2. The van der Waals surface area contributed by atoms with Gasteiger partial charge in [-0.1, -0.05) is 53.4 Å². The third kappa shape index (κ3) is 3.75. The lowest BCUT2D eigenvalue weighted by molar-refractivity contribution is -0.135. The third-order valence-corrected chi connectivity index (χ3v) is 4.76. The average Bonchev–Trinajstić information content (AvgIpc) is 2.68. The molecule has 0 saturated carbocycles. The largest absolute Gasteiger partial charge is 0.323 e. The summed E-state index contributed by atoms with van der Waals surface area (Å²) >= 11 is 0. The zero-order chi connectivity index (χ0) is 15.3. The lowest BCUT2D eigenvalue weighted by Crippen LogP contribution is -2.46. The van der Waals surface area contributed by atoms with Gasteiger partial charge in [-0.2, -0.15) is 0 Å². The number of nitrogens with zero attached hydrogens (tertiary/aromatic N) is 1. The molecule has 1 aliphatic rings. The minimum Gasteiger partial charge on any atom is -0.323 e. The Kier molecular flexibility index (Phi) is 6.50. The smallest absolute Gasteiger partial charge is 0.244 e. The maximum atomic E-state index is 12.8. The van der Waals surface area contributed by atoms with E-state index in [4.69, 9.17) is 0 Å². The summed E-state index contributed by atoms with van der Waals surface area (Å²) in [6.07, 6.45) is 7.25. The van der Waals surface area contributed by atoms with Crippen LogP contribution in [0.25, 0.3) is 0 Å².